The summed E-state index contributed by atoms with van der Waals surface area (Å²) in [4.78, 5) is 42.7. The smallest absolute Gasteiger partial charge is 0.244 e. The normalized spacial score (nSPS) is 32.7. The van der Waals surface area contributed by atoms with Crippen molar-refractivity contribution in [2.75, 3.05) is 18.5 Å². The van der Waals surface area contributed by atoms with Crippen molar-refractivity contribution in [3.8, 4) is 0 Å². The summed E-state index contributed by atoms with van der Waals surface area (Å²) >= 11 is 1.67. The van der Waals surface area contributed by atoms with Crippen LogP contribution in [0, 0.1) is 11.8 Å². The Bertz CT molecular complexity index is 933. The van der Waals surface area contributed by atoms with E-state index in [1.54, 1.807) is 16.7 Å². The molecule has 3 N–H and O–H groups in total. The molecule has 0 radical (unpaired) electrons. The van der Waals surface area contributed by atoms with E-state index >= 15 is 0 Å². The lowest BCUT2D eigenvalue weighted by Crippen LogP contribution is -2.57. The van der Waals surface area contributed by atoms with Gasteiger partial charge in [0.2, 0.25) is 17.7 Å². The number of aliphatic hydroxyl groups excluding tert-OH is 1. The maximum Gasteiger partial charge on any atom is 0.244 e. The molecule has 3 amide bonds. The third kappa shape index (κ3) is 4.16. The van der Waals surface area contributed by atoms with E-state index in [4.69, 9.17) is 0 Å². The Morgan fingerprint density at radius 1 is 1.15 bits per heavy atom. The quantitative estimate of drug-likeness (QED) is 0.529. The topological polar surface area (TPSA) is 98.7 Å². The minimum atomic E-state index is -0.616. The van der Waals surface area contributed by atoms with E-state index in [2.05, 4.69) is 17.6 Å². The second-order valence-corrected chi connectivity index (χ2v) is 12.7. The van der Waals surface area contributed by atoms with Gasteiger partial charge in [-0.1, -0.05) is 18.2 Å². The minimum absolute atomic E-state index is 0.0460. The molecule has 7 nitrogen and oxygen atoms in total. The van der Waals surface area contributed by atoms with Gasteiger partial charge in [-0.05, 0) is 65.5 Å². The molecule has 5 atom stereocenters. The van der Waals surface area contributed by atoms with Crippen LogP contribution in [0.4, 0.5) is 5.69 Å². The fourth-order valence-electron chi connectivity index (χ4n) is 5.94. The molecule has 3 saturated heterocycles. The first-order valence-electron chi connectivity index (χ1n) is 11.8. The van der Waals surface area contributed by atoms with Crippen LogP contribution in [-0.4, -0.2) is 62.0 Å². The first-order chi connectivity index (χ1) is 15.5. The standard InChI is InChI=1S/C25H35N3O4S/c1-23(2,3)27-21(31)19-25-13-12-24(4,33-25)17(20(30)26-16-10-6-5-7-11-16)18(25)22(32)28(19)14-8-9-15-29/h5-7,10-11,17-19,29H,8-9,12-15H2,1-4H3,(H,26,30)(H,27,31)/t17-,18-,19?,24+,25?/m0/s1. The number of hydrogen-bond donors (Lipinski definition) is 3. The van der Waals surface area contributed by atoms with Crippen molar-refractivity contribution >= 4 is 35.2 Å². The van der Waals surface area contributed by atoms with Gasteiger partial charge in [0.1, 0.15) is 6.04 Å². The fourth-order valence-corrected chi connectivity index (χ4v) is 8.30. The monoisotopic (exact) mass is 473 g/mol. The lowest BCUT2D eigenvalue weighted by Gasteiger charge is -2.36. The number of carbonyl (C=O) groups excluding carboxylic acids is 3. The summed E-state index contributed by atoms with van der Waals surface area (Å²) < 4.78 is -1.00. The van der Waals surface area contributed by atoms with E-state index in [-0.39, 0.29) is 24.3 Å². The Balaban J connectivity index is 1.69. The first kappa shape index (κ1) is 24.1. The highest BCUT2D eigenvalue weighted by Gasteiger charge is 2.77. The van der Waals surface area contributed by atoms with E-state index in [0.717, 1.165) is 12.8 Å². The molecule has 180 valence electrons. The van der Waals surface area contributed by atoms with Crippen LogP contribution in [0.3, 0.4) is 0 Å². The Kier molecular flexibility index (Phi) is 6.29. The number of benzene rings is 1. The maximum atomic E-state index is 13.8. The van der Waals surface area contributed by atoms with Gasteiger partial charge >= 0.3 is 0 Å². The van der Waals surface area contributed by atoms with Gasteiger partial charge in [0.25, 0.3) is 0 Å². The zero-order valence-electron chi connectivity index (χ0n) is 19.9. The minimum Gasteiger partial charge on any atom is -0.396 e. The van der Waals surface area contributed by atoms with Crippen molar-refractivity contribution in [3.05, 3.63) is 30.3 Å². The van der Waals surface area contributed by atoms with Gasteiger partial charge in [-0.15, -0.1) is 11.8 Å². The Hall–Kier alpha value is -2.06. The zero-order chi connectivity index (χ0) is 24.0. The highest BCUT2D eigenvalue weighted by molar-refractivity contribution is 8.02. The van der Waals surface area contributed by atoms with Gasteiger partial charge in [0.05, 0.1) is 16.6 Å². The summed E-state index contributed by atoms with van der Waals surface area (Å²) in [6.45, 7) is 8.33. The van der Waals surface area contributed by atoms with Gasteiger partial charge in [0.15, 0.2) is 0 Å². The van der Waals surface area contributed by atoms with Crippen LogP contribution in [0.1, 0.15) is 53.4 Å². The number of likely N-dealkylation sites (tertiary alicyclic amines) is 1. The van der Waals surface area contributed by atoms with Crippen LogP contribution in [0.5, 0.6) is 0 Å². The molecule has 3 fully saturated rings. The van der Waals surface area contributed by atoms with Gasteiger partial charge < -0.3 is 20.6 Å². The average Bonchev–Trinajstić information content (AvgIpc) is 3.29. The number of fused-ring (bicyclic) bond motifs is 1. The van der Waals surface area contributed by atoms with Crippen LogP contribution in [0.2, 0.25) is 0 Å². The SMILES string of the molecule is CC(C)(C)NC(=O)C1N(CCCCO)C(=O)[C@@H]2[C@@H](C(=O)Nc3ccccc3)[C@@]3(C)CCC12S3. The third-order valence-corrected chi connectivity index (χ3v) is 9.14. The van der Waals surface area contributed by atoms with Crippen molar-refractivity contribution in [2.45, 2.75) is 74.5 Å². The van der Waals surface area contributed by atoms with Gasteiger partial charge in [-0.3, -0.25) is 14.4 Å². The van der Waals surface area contributed by atoms with Crippen molar-refractivity contribution in [3.63, 3.8) is 0 Å². The number of nitrogens with one attached hydrogen (secondary N) is 2. The number of unbranched alkanes of at least 4 members (excludes halogenated alkanes) is 1. The Labute approximate surface area is 200 Å². The van der Waals surface area contributed by atoms with Gasteiger partial charge in [-0.25, -0.2) is 0 Å². The van der Waals surface area contributed by atoms with Gasteiger partial charge in [-0.2, -0.15) is 0 Å². The van der Waals surface area contributed by atoms with Crippen LogP contribution < -0.4 is 10.6 Å². The number of hydrogen-bond acceptors (Lipinski definition) is 5. The number of carbonyl (C=O) groups is 3. The summed E-state index contributed by atoms with van der Waals surface area (Å²) in [5.74, 6) is -1.44. The summed E-state index contributed by atoms with van der Waals surface area (Å²) in [5, 5.41) is 15.4. The van der Waals surface area contributed by atoms with Crippen molar-refractivity contribution in [1.82, 2.24) is 10.2 Å². The highest BCUT2D eigenvalue weighted by Crippen LogP contribution is 2.71. The molecule has 3 aliphatic heterocycles. The third-order valence-electron chi connectivity index (χ3n) is 7.15. The highest BCUT2D eigenvalue weighted by atomic mass is 32.2. The largest absolute Gasteiger partial charge is 0.396 e. The van der Waals surface area contributed by atoms with E-state index < -0.39 is 32.9 Å². The molecule has 0 aliphatic carbocycles. The predicted molar refractivity (Wildman–Crippen MR) is 130 cm³/mol. The molecule has 8 heteroatoms. The lowest BCUT2D eigenvalue weighted by molar-refractivity contribution is -0.140. The molecule has 2 bridgehead atoms. The first-order valence-corrected chi connectivity index (χ1v) is 12.6. The molecule has 3 heterocycles. The molecular formula is C25H35N3O4S. The second kappa shape index (κ2) is 8.62. The molecule has 3 aliphatic rings. The number of rotatable bonds is 7. The van der Waals surface area contributed by atoms with Crippen LogP contribution in [0.15, 0.2) is 30.3 Å². The fraction of sp³-hybridized carbons (Fsp3) is 0.640. The number of aliphatic hydroxyl groups is 1. The summed E-state index contributed by atoms with van der Waals surface area (Å²) in [6, 6.07) is 8.69. The molecule has 1 aromatic carbocycles. The molecule has 1 aromatic rings. The molecule has 0 aromatic heterocycles. The number of thioether (sulfide) groups is 1. The molecule has 4 rings (SSSR count). The van der Waals surface area contributed by atoms with Crippen LogP contribution in [0.25, 0.3) is 0 Å². The number of para-hydroxylation sites is 1. The molecule has 1 spiro atoms. The van der Waals surface area contributed by atoms with E-state index in [1.807, 2.05) is 51.1 Å². The second-order valence-electron chi connectivity index (χ2n) is 10.8. The maximum absolute atomic E-state index is 13.8. The van der Waals surface area contributed by atoms with E-state index in [1.165, 1.54) is 0 Å². The average molecular weight is 474 g/mol. The summed E-state index contributed by atoms with van der Waals surface area (Å²) in [7, 11) is 0. The van der Waals surface area contributed by atoms with Crippen molar-refractivity contribution in [1.29, 1.82) is 0 Å². The number of amides is 3. The van der Waals surface area contributed by atoms with Crippen molar-refractivity contribution in [2.24, 2.45) is 11.8 Å². The predicted octanol–water partition coefficient (Wildman–Crippen LogP) is 2.79. The number of nitrogens with zero attached hydrogens (tertiary/aromatic N) is 1. The Morgan fingerprint density at radius 2 is 1.85 bits per heavy atom. The molecule has 2 unspecified atom stereocenters. The number of anilines is 1. The molecule has 33 heavy (non-hydrogen) atoms. The molecule has 0 saturated carbocycles. The van der Waals surface area contributed by atoms with E-state index in [9.17, 15) is 19.5 Å². The zero-order valence-corrected chi connectivity index (χ0v) is 20.7. The summed E-state index contributed by atoms with van der Waals surface area (Å²) in [5.41, 5.74) is 0.279. The lowest BCUT2D eigenvalue weighted by atomic mass is 9.66. The summed E-state index contributed by atoms with van der Waals surface area (Å²) in [6.07, 6.45) is 2.71. The van der Waals surface area contributed by atoms with Crippen LogP contribution in [-0.2, 0) is 14.4 Å². The van der Waals surface area contributed by atoms with Crippen molar-refractivity contribution < 1.29 is 19.5 Å². The van der Waals surface area contributed by atoms with E-state index in [0.29, 0.717) is 25.1 Å². The van der Waals surface area contributed by atoms with Gasteiger partial charge in [0, 0.05) is 29.1 Å². The molecular weight excluding hydrogens is 438 g/mol. The Morgan fingerprint density at radius 3 is 2.48 bits per heavy atom. The van der Waals surface area contributed by atoms with Crippen LogP contribution >= 0.6 is 11.8 Å².